The van der Waals surface area contributed by atoms with Gasteiger partial charge in [0.15, 0.2) is 0 Å². The number of aromatic nitrogens is 2. The molecule has 0 N–H and O–H groups in total. The van der Waals surface area contributed by atoms with Gasteiger partial charge in [-0.3, -0.25) is 0 Å². The number of nitrogens with zero attached hydrogens (tertiary/aromatic N) is 2. The average Bonchev–Trinajstić information content (AvgIpc) is 2.30. The maximum absolute atomic E-state index is 5.70. The van der Waals surface area contributed by atoms with Gasteiger partial charge in [0.05, 0.1) is 5.03 Å². The van der Waals surface area contributed by atoms with Crippen LogP contribution in [0.5, 0.6) is 0 Å². The molecule has 0 aliphatic rings. The van der Waals surface area contributed by atoms with Crippen LogP contribution >= 0.6 is 23.4 Å². The quantitative estimate of drug-likeness (QED) is 0.603. The van der Waals surface area contributed by atoms with E-state index in [1.54, 1.807) is 30.2 Å². The Bertz CT molecular complexity index is 416. The smallest absolute Gasteiger partial charge is 0.129 e. The zero-order chi connectivity index (χ0) is 10.5. The maximum atomic E-state index is 5.70. The fourth-order valence-electron chi connectivity index (χ4n) is 1.08. The van der Waals surface area contributed by atoms with Gasteiger partial charge in [0.1, 0.15) is 5.15 Å². The van der Waals surface area contributed by atoms with Gasteiger partial charge < -0.3 is 0 Å². The molecule has 0 bridgehead atoms. The first-order valence-electron chi connectivity index (χ1n) is 4.49. The number of hydrogen-bond acceptors (Lipinski definition) is 3. The van der Waals surface area contributed by atoms with Gasteiger partial charge in [-0.05, 0) is 23.8 Å². The zero-order valence-electron chi connectivity index (χ0n) is 7.93. The molecule has 0 amide bonds. The lowest BCUT2D eigenvalue weighted by atomic mass is 10.3. The molecule has 0 aliphatic heterocycles. The second kappa shape index (κ2) is 5.14. The van der Waals surface area contributed by atoms with Crippen molar-refractivity contribution in [2.24, 2.45) is 0 Å². The third-order valence-electron chi connectivity index (χ3n) is 1.81. The van der Waals surface area contributed by atoms with Gasteiger partial charge >= 0.3 is 0 Å². The Morgan fingerprint density at radius 1 is 1.13 bits per heavy atom. The van der Waals surface area contributed by atoms with E-state index in [0.717, 1.165) is 16.3 Å². The van der Waals surface area contributed by atoms with Gasteiger partial charge in [-0.1, -0.05) is 23.7 Å². The summed E-state index contributed by atoms with van der Waals surface area (Å²) in [4.78, 5) is 8.25. The first kappa shape index (κ1) is 10.5. The van der Waals surface area contributed by atoms with Crippen LogP contribution in [-0.4, -0.2) is 9.97 Å². The van der Waals surface area contributed by atoms with Crippen LogP contribution in [-0.2, 0) is 5.75 Å². The Kier molecular flexibility index (Phi) is 3.59. The van der Waals surface area contributed by atoms with Gasteiger partial charge in [0, 0.05) is 18.1 Å². The van der Waals surface area contributed by atoms with E-state index in [0.29, 0.717) is 5.15 Å². The lowest BCUT2D eigenvalue weighted by Crippen LogP contribution is -1.84. The molecule has 0 unspecified atom stereocenters. The van der Waals surface area contributed by atoms with Crippen LogP contribution in [0.3, 0.4) is 0 Å². The highest BCUT2D eigenvalue weighted by Crippen LogP contribution is 2.20. The van der Waals surface area contributed by atoms with Crippen LogP contribution in [0.15, 0.2) is 47.8 Å². The number of hydrogen-bond donors (Lipinski definition) is 0. The number of thioether (sulfide) groups is 1. The second-order valence-electron chi connectivity index (χ2n) is 2.95. The molecule has 0 aromatic carbocycles. The maximum Gasteiger partial charge on any atom is 0.129 e. The van der Waals surface area contributed by atoms with Gasteiger partial charge in [0.2, 0.25) is 0 Å². The van der Waals surface area contributed by atoms with E-state index in [1.807, 2.05) is 24.3 Å². The molecule has 4 heteroatoms. The summed E-state index contributed by atoms with van der Waals surface area (Å²) in [7, 11) is 0. The van der Waals surface area contributed by atoms with E-state index >= 15 is 0 Å². The van der Waals surface area contributed by atoms with Crippen molar-refractivity contribution < 1.29 is 0 Å². The molecule has 0 atom stereocenters. The normalized spacial score (nSPS) is 10.2. The third kappa shape index (κ3) is 3.22. The van der Waals surface area contributed by atoms with Gasteiger partial charge in [0.25, 0.3) is 0 Å². The summed E-state index contributed by atoms with van der Waals surface area (Å²) in [5.41, 5.74) is 1.15. The molecule has 2 heterocycles. The lowest BCUT2D eigenvalue weighted by Gasteiger charge is -2.00. The van der Waals surface area contributed by atoms with Crippen molar-refractivity contribution in [2.75, 3.05) is 0 Å². The molecule has 2 aromatic heterocycles. The Hall–Kier alpha value is -1.06. The molecule has 0 fully saturated rings. The molecular formula is C11H9ClN2S. The SMILES string of the molecule is Clc1ccc(CSc2ccccn2)cn1. The second-order valence-corrected chi connectivity index (χ2v) is 4.33. The number of pyridine rings is 2. The highest BCUT2D eigenvalue weighted by Gasteiger charge is 1.97. The largest absolute Gasteiger partial charge is 0.250 e. The minimum absolute atomic E-state index is 0.529. The third-order valence-corrected chi connectivity index (χ3v) is 3.05. The predicted molar refractivity (Wildman–Crippen MR) is 63.0 cm³/mol. The van der Waals surface area contributed by atoms with Crippen LogP contribution in [0.25, 0.3) is 0 Å². The first-order valence-corrected chi connectivity index (χ1v) is 5.85. The molecule has 76 valence electrons. The lowest BCUT2D eigenvalue weighted by molar-refractivity contribution is 1.13. The van der Waals surface area contributed by atoms with Crippen LogP contribution < -0.4 is 0 Å². The topological polar surface area (TPSA) is 25.8 Å². The van der Waals surface area contributed by atoms with Gasteiger partial charge in [-0.15, -0.1) is 11.8 Å². The highest BCUT2D eigenvalue weighted by atomic mass is 35.5. The van der Waals surface area contributed by atoms with Crippen LogP contribution in [0, 0.1) is 0 Å². The van der Waals surface area contributed by atoms with Crippen LogP contribution in [0.4, 0.5) is 0 Å². The standard InChI is InChI=1S/C11H9ClN2S/c12-10-5-4-9(7-14-10)8-15-11-3-1-2-6-13-11/h1-7H,8H2. The van der Waals surface area contributed by atoms with E-state index in [1.165, 1.54) is 0 Å². The van der Waals surface area contributed by atoms with Crippen molar-refractivity contribution in [2.45, 2.75) is 10.8 Å². The van der Waals surface area contributed by atoms with E-state index in [-0.39, 0.29) is 0 Å². The van der Waals surface area contributed by atoms with Crippen molar-refractivity contribution in [1.82, 2.24) is 9.97 Å². The molecule has 2 aromatic rings. The van der Waals surface area contributed by atoms with Gasteiger partial charge in [-0.2, -0.15) is 0 Å². The van der Waals surface area contributed by atoms with Crippen molar-refractivity contribution in [3.63, 3.8) is 0 Å². The molecule has 15 heavy (non-hydrogen) atoms. The summed E-state index contributed by atoms with van der Waals surface area (Å²) in [5, 5.41) is 1.55. The minimum atomic E-state index is 0.529. The fourth-order valence-corrected chi connectivity index (χ4v) is 1.99. The molecule has 0 spiro atoms. The average molecular weight is 237 g/mol. The molecule has 0 saturated carbocycles. The van der Waals surface area contributed by atoms with E-state index in [2.05, 4.69) is 9.97 Å². The molecule has 0 saturated heterocycles. The molecule has 2 nitrogen and oxygen atoms in total. The Morgan fingerprint density at radius 2 is 2.07 bits per heavy atom. The summed E-state index contributed by atoms with van der Waals surface area (Å²) < 4.78 is 0. The monoisotopic (exact) mass is 236 g/mol. The molecular weight excluding hydrogens is 228 g/mol. The Morgan fingerprint density at radius 3 is 2.73 bits per heavy atom. The van der Waals surface area contributed by atoms with E-state index < -0.39 is 0 Å². The van der Waals surface area contributed by atoms with Crippen molar-refractivity contribution >= 4 is 23.4 Å². The van der Waals surface area contributed by atoms with Crippen molar-refractivity contribution in [3.05, 3.63) is 53.4 Å². The minimum Gasteiger partial charge on any atom is -0.250 e. The van der Waals surface area contributed by atoms with Crippen molar-refractivity contribution in [3.8, 4) is 0 Å². The molecule has 2 rings (SSSR count). The van der Waals surface area contributed by atoms with Gasteiger partial charge in [-0.25, -0.2) is 9.97 Å². The Balaban J connectivity index is 1.96. The Labute approximate surface area is 97.7 Å². The molecule has 0 aliphatic carbocycles. The fraction of sp³-hybridized carbons (Fsp3) is 0.0909. The summed E-state index contributed by atoms with van der Waals surface area (Å²) >= 11 is 7.38. The predicted octanol–water partition coefficient (Wildman–Crippen LogP) is 3.42. The molecule has 0 radical (unpaired) electrons. The summed E-state index contributed by atoms with van der Waals surface area (Å²) in [5.74, 6) is 0.862. The number of halogens is 1. The first-order chi connectivity index (χ1) is 7.34. The van der Waals surface area contributed by atoms with E-state index in [9.17, 15) is 0 Å². The van der Waals surface area contributed by atoms with Crippen LogP contribution in [0.1, 0.15) is 5.56 Å². The number of rotatable bonds is 3. The zero-order valence-corrected chi connectivity index (χ0v) is 9.50. The summed E-state index contributed by atoms with van der Waals surface area (Å²) in [6.45, 7) is 0. The van der Waals surface area contributed by atoms with Crippen molar-refractivity contribution in [1.29, 1.82) is 0 Å². The van der Waals surface area contributed by atoms with Crippen LogP contribution in [0.2, 0.25) is 5.15 Å². The summed E-state index contributed by atoms with van der Waals surface area (Å²) in [6.07, 6.45) is 3.58. The van der Waals surface area contributed by atoms with E-state index in [4.69, 9.17) is 11.6 Å². The highest BCUT2D eigenvalue weighted by molar-refractivity contribution is 7.98. The summed E-state index contributed by atoms with van der Waals surface area (Å²) in [6, 6.07) is 9.67.